The first-order chi connectivity index (χ1) is 16.0. The number of allylic oxidation sites excluding steroid dienone is 1. The summed E-state index contributed by atoms with van der Waals surface area (Å²) in [6.07, 6.45) is -2.82. The highest BCUT2D eigenvalue weighted by Gasteiger charge is 2.32. The molecule has 0 spiro atoms. The predicted octanol–water partition coefficient (Wildman–Crippen LogP) is 6.98. The highest BCUT2D eigenvalue weighted by atomic mass is 35.5. The van der Waals surface area contributed by atoms with E-state index in [1.54, 1.807) is 31.2 Å². The maximum Gasteiger partial charge on any atom is 0.416 e. The second-order valence-corrected chi connectivity index (χ2v) is 10.5. The van der Waals surface area contributed by atoms with Crippen molar-refractivity contribution in [3.8, 4) is 0 Å². The summed E-state index contributed by atoms with van der Waals surface area (Å²) < 4.78 is 69.3. The van der Waals surface area contributed by atoms with Crippen LogP contribution in [0.2, 0.25) is 5.02 Å². The number of alkyl halides is 3. The van der Waals surface area contributed by atoms with Crippen molar-refractivity contribution in [3.63, 3.8) is 0 Å². The van der Waals surface area contributed by atoms with Crippen molar-refractivity contribution in [3.05, 3.63) is 88.2 Å². The number of rotatable bonds is 4. The smallest absolute Gasteiger partial charge is 0.382 e. The van der Waals surface area contributed by atoms with Crippen molar-refractivity contribution in [2.75, 3.05) is 22.7 Å². The van der Waals surface area contributed by atoms with Gasteiger partial charge in [-0.2, -0.15) is 13.2 Å². The summed E-state index contributed by atoms with van der Waals surface area (Å²) in [4.78, 5) is -0.00885. The second kappa shape index (κ2) is 9.00. The molecular formula is C25H21ClF4N2OS. The quantitative estimate of drug-likeness (QED) is 0.234. The predicted molar refractivity (Wildman–Crippen MR) is 132 cm³/mol. The van der Waals surface area contributed by atoms with Crippen LogP contribution in [0.15, 0.2) is 65.6 Å². The first-order valence-electron chi connectivity index (χ1n) is 10.3. The third-order valence-corrected chi connectivity index (χ3v) is 7.94. The van der Waals surface area contributed by atoms with Crippen molar-refractivity contribution in [2.24, 2.45) is 0 Å². The minimum Gasteiger partial charge on any atom is -0.382 e. The number of halogens is 5. The van der Waals surface area contributed by atoms with Crippen molar-refractivity contribution < 1.29 is 21.8 Å². The summed E-state index contributed by atoms with van der Waals surface area (Å²) in [5.41, 5.74) is 1.88. The van der Waals surface area contributed by atoms with Gasteiger partial charge in [0.15, 0.2) is 0 Å². The molecule has 0 bridgehead atoms. The van der Waals surface area contributed by atoms with Gasteiger partial charge in [0.05, 0.1) is 36.6 Å². The van der Waals surface area contributed by atoms with E-state index in [0.29, 0.717) is 29.1 Å². The Morgan fingerprint density at radius 3 is 2.59 bits per heavy atom. The SMILES string of the molecule is C=S(=O)(c1cccc(C(F)(F)F)c1)N1CCNc2ccc(C=C(C)c3c(F)cccc3Cl)cc21. The molecule has 1 heterocycles. The van der Waals surface area contributed by atoms with E-state index in [9.17, 15) is 21.8 Å². The minimum atomic E-state index is -4.56. The molecule has 0 radical (unpaired) electrons. The summed E-state index contributed by atoms with van der Waals surface area (Å²) >= 11 is 6.18. The van der Waals surface area contributed by atoms with Crippen LogP contribution in [-0.4, -0.2) is 23.2 Å². The van der Waals surface area contributed by atoms with E-state index in [1.165, 1.54) is 28.6 Å². The Bertz CT molecular complexity index is 1360. The normalized spacial score (nSPS) is 15.9. The van der Waals surface area contributed by atoms with E-state index in [0.717, 1.165) is 12.1 Å². The lowest BCUT2D eigenvalue weighted by Crippen LogP contribution is -2.38. The Morgan fingerprint density at radius 1 is 1.15 bits per heavy atom. The Balaban J connectivity index is 1.76. The van der Waals surface area contributed by atoms with Crippen LogP contribution in [0.3, 0.4) is 0 Å². The van der Waals surface area contributed by atoms with Crippen LogP contribution in [0.25, 0.3) is 11.6 Å². The number of nitrogens with zero attached hydrogens (tertiary/aromatic N) is 1. The van der Waals surface area contributed by atoms with E-state index in [4.69, 9.17) is 11.6 Å². The van der Waals surface area contributed by atoms with Crippen molar-refractivity contribution in [1.82, 2.24) is 0 Å². The monoisotopic (exact) mass is 508 g/mol. The molecule has 0 saturated heterocycles. The third-order valence-electron chi connectivity index (χ3n) is 5.55. The van der Waals surface area contributed by atoms with E-state index in [1.807, 2.05) is 6.07 Å². The van der Waals surface area contributed by atoms with Crippen LogP contribution in [-0.2, 0) is 15.9 Å². The highest BCUT2D eigenvalue weighted by molar-refractivity contribution is 8.01. The van der Waals surface area contributed by atoms with Gasteiger partial charge >= 0.3 is 6.18 Å². The Hall–Kier alpha value is -2.97. The van der Waals surface area contributed by atoms with Gasteiger partial charge in [-0.3, -0.25) is 4.31 Å². The van der Waals surface area contributed by atoms with Crippen molar-refractivity contribution in [2.45, 2.75) is 18.0 Å². The first kappa shape index (κ1) is 24.2. The molecule has 0 fully saturated rings. The van der Waals surface area contributed by atoms with Crippen LogP contribution in [0.5, 0.6) is 0 Å². The first-order valence-corrected chi connectivity index (χ1v) is 12.4. The van der Waals surface area contributed by atoms with Gasteiger partial charge in [0.2, 0.25) is 0 Å². The molecule has 0 aliphatic carbocycles. The number of fused-ring (bicyclic) bond motifs is 1. The minimum absolute atomic E-state index is 0.00885. The zero-order valence-electron chi connectivity index (χ0n) is 18.1. The summed E-state index contributed by atoms with van der Waals surface area (Å²) in [7, 11) is -3.28. The van der Waals surface area contributed by atoms with Crippen LogP contribution >= 0.6 is 11.6 Å². The summed E-state index contributed by atoms with van der Waals surface area (Å²) in [5.74, 6) is 3.37. The van der Waals surface area contributed by atoms with Crippen molar-refractivity contribution >= 4 is 50.2 Å². The fourth-order valence-electron chi connectivity index (χ4n) is 3.91. The molecule has 0 aromatic heterocycles. The lowest BCUT2D eigenvalue weighted by atomic mass is 10.0. The summed E-state index contributed by atoms with van der Waals surface area (Å²) in [6.45, 7) is 2.45. The Kier molecular flexibility index (Phi) is 6.40. The fourth-order valence-corrected chi connectivity index (χ4v) is 5.93. The maximum absolute atomic E-state index is 14.3. The van der Waals surface area contributed by atoms with Gasteiger partial charge in [-0.05, 0) is 66.4 Å². The summed E-state index contributed by atoms with van der Waals surface area (Å²) in [6, 6.07) is 14.2. The number of anilines is 2. The molecule has 34 heavy (non-hydrogen) atoms. The molecular weight excluding hydrogens is 488 g/mol. The maximum atomic E-state index is 14.3. The molecule has 0 saturated carbocycles. The molecule has 1 atom stereocenters. The largest absolute Gasteiger partial charge is 0.416 e. The van der Waals surface area contributed by atoms with Crippen LogP contribution in [0.1, 0.15) is 23.6 Å². The van der Waals surface area contributed by atoms with Crippen molar-refractivity contribution in [1.29, 1.82) is 0 Å². The van der Waals surface area contributed by atoms with E-state index in [2.05, 4.69) is 11.2 Å². The van der Waals surface area contributed by atoms with Gasteiger partial charge < -0.3 is 5.32 Å². The van der Waals surface area contributed by atoms with Gasteiger partial charge in [0.25, 0.3) is 0 Å². The summed E-state index contributed by atoms with van der Waals surface area (Å²) in [5, 5.41) is 3.48. The fraction of sp³-hybridized carbons (Fsp3) is 0.160. The van der Waals surface area contributed by atoms with Gasteiger partial charge in [0, 0.05) is 18.7 Å². The van der Waals surface area contributed by atoms with Gasteiger partial charge in [-0.1, -0.05) is 35.9 Å². The standard InChI is InChI=1S/C25H21ClF4N2OS/c1-16(24-20(26)7-4-8-21(24)27)13-17-9-10-22-23(14-17)32(12-11-31-22)34(2,33)19-6-3-5-18(15-19)25(28,29)30/h3-10,13-15,31H,2,11-12H2,1H3. The average molecular weight is 509 g/mol. The molecule has 3 nitrogen and oxygen atoms in total. The number of hydrogen-bond acceptors (Lipinski definition) is 2. The lowest BCUT2D eigenvalue weighted by molar-refractivity contribution is -0.137. The van der Waals surface area contributed by atoms with Gasteiger partial charge in [-0.15, -0.1) is 0 Å². The molecule has 0 amide bonds. The molecule has 1 aliphatic heterocycles. The molecule has 9 heteroatoms. The molecule has 1 N–H and O–H groups in total. The highest BCUT2D eigenvalue weighted by Crippen LogP contribution is 2.37. The number of hydrogen-bond donors (Lipinski definition) is 1. The molecule has 4 rings (SSSR count). The topological polar surface area (TPSA) is 32.3 Å². The third kappa shape index (κ3) is 4.65. The van der Waals surface area contributed by atoms with Crippen LogP contribution < -0.4 is 9.62 Å². The molecule has 3 aromatic rings. The van der Waals surface area contributed by atoms with Gasteiger partial charge in [-0.25, -0.2) is 8.60 Å². The Labute approximate surface area is 200 Å². The average Bonchev–Trinajstić information content (AvgIpc) is 2.78. The van der Waals surface area contributed by atoms with Crippen LogP contribution in [0, 0.1) is 5.82 Å². The second-order valence-electron chi connectivity index (χ2n) is 7.90. The zero-order chi connectivity index (χ0) is 24.7. The Morgan fingerprint density at radius 2 is 1.88 bits per heavy atom. The number of nitrogens with one attached hydrogen (secondary N) is 1. The van der Waals surface area contributed by atoms with E-state index < -0.39 is 27.3 Å². The van der Waals surface area contributed by atoms with Crippen LogP contribution in [0.4, 0.5) is 28.9 Å². The van der Waals surface area contributed by atoms with E-state index in [-0.39, 0.29) is 22.0 Å². The lowest BCUT2D eigenvalue weighted by Gasteiger charge is -2.34. The molecule has 178 valence electrons. The molecule has 3 aromatic carbocycles. The van der Waals surface area contributed by atoms with E-state index >= 15 is 0 Å². The molecule has 1 aliphatic rings. The van der Waals surface area contributed by atoms with Gasteiger partial charge in [0.1, 0.15) is 5.82 Å². The molecule has 1 unspecified atom stereocenters. The number of benzene rings is 3. The zero-order valence-corrected chi connectivity index (χ0v) is 19.7.